The van der Waals surface area contributed by atoms with Crippen LogP contribution in [0.25, 0.3) is 0 Å². The Bertz CT molecular complexity index is 216. The van der Waals surface area contributed by atoms with Crippen LogP contribution in [0.5, 0.6) is 0 Å². The molecule has 0 amide bonds. The predicted molar refractivity (Wildman–Crippen MR) is 48.7 cm³/mol. The van der Waals surface area contributed by atoms with Gasteiger partial charge in [0.05, 0.1) is 0 Å². The SMILES string of the molecule is C=CCN(C)c1cc[c]cc1. The minimum atomic E-state index is 0.879. The minimum absolute atomic E-state index is 0.879. The first kappa shape index (κ1) is 7.86. The first-order valence-electron chi connectivity index (χ1n) is 3.62. The summed E-state index contributed by atoms with van der Waals surface area (Å²) in [5.74, 6) is 0. The molecule has 1 aromatic rings. The second-order valence-corrected chi connectivity index (χ2v) is 2.43. The zero-order chi connectivity index (χ0) is 8.10. The van der Waals surface area contributed by atoms with E-state index in [4.69, 9.17) is 0 Å². The van der Waals surface area contributed by atoms with Crippen molar-refractivity contribution >= 4 is 5.69 Å². The summed E-state index contributed by atoms with van der Waals surface area (Å²) in [4.78, 5) is 2.13. The molecule has 0 bridgehead atoms. The fourth-order valence-corrected chi connectivity index (χ4v) is 0.932. The van der Waals surface area contributed by atoms with Crippen LogP contribution in [-0.4, -0.2) is 13.6 Å². The van der Waals surface area contributed by atoms with E-state index in [1.165, 1.54) is 5.69 Å². The Hall–Kier alpha value is -1.24. The molecule has 0 aliphatic rings. The summed E-state index contributed by atoms with van der Waals surface area (Å²) in [6.07, 6.45) is 1.89. The second kappa shape index (κ2) is 3.81. The lowest BCUT2D eigenvalue weighted by Crippen LogP contribution is -2.15. The van der Waals surface area contributed by atoms with E-state index in [1.807, 2.05) is 37.4 Å². The van der Waals surface area contributed by atoms with Crippen LogP contribution in [0.3, 0.4) is 0 Å². The third kappa shape index (κ3) is 2.11. The third-order valence-corrected chi connectivity index (χ3v) is 1.54. The highest BCUT2D eigenvalue weighted by Crippen LogP contribution is 2.09. The Morgan fingerprint density at radius 3 is 2.73 bits per heavy atom. The fourth-order valence-electron chi connectivity index (χ4n) is 0.932. The van der Waals surface area contributed by atoms with Crippen molar-refractivity contribution in [2.45, 2.75) is 0 Å². The van der Waals surface area contributed by atoms with E-state index in [9.17, 15) is 0 Å². The van der Waals surface area contributed by atoms with Gasteiger partial charge in [-0.2, -0.15) is 0 Å². The van der Waals surface area contributed by atoms with Gasteiger partial charge < -0.3 is 4.90 Å². The lowest BCUT2D eigenvalue weighted by molar-refractivity contribution is 1.03. The highest BCUT2D eigenvalue weighted by molar-refractivity contribution is 5.45. The largest absolute Gasteiger partial charge is 0.371 e. The Morgan fingerprint density at radius 2 is 2.18 bits per heavy atom. The van der Waals surface area contributed by atoms with Gasteiger partial charge in [-0.1, -0.05) is 18.2 Å². The molecule has 57 valence electrons. The van der Waals surface area contributed by atoms with Gasteiger partial charge in [-0.05, 0) is 18.2 Å². The molecule has 0 fully saturated rings. The normalized spacial score (nSPS) is 9.18. The number of rotatable bonds is 3. The van der Waals surface area contributed by atoms with Crippen LogP contribution in [0.15, 0.2) is 36.9 Å². The number of anilines is 1. The van der Waals surface area contributed by atoms with Gasteiger partial charge in [0.15, 0.2) is 0 Å². The van der Waals surface area contributed by atoms with E-state index in [0.29, 0.717) is 0 Å². The second-order valence-electron chi connectivity index (χ2n) is 2.43. The van der Waals surface area contributed by atoms with Crippen molar-refractivity contribution in [3.05, 3.63) is 43.0 Å². The highest BCUT2D eigenvalue weighted by atomic mass is 15.1. The minimum Gasteiger partial charge on any atom is -0.371 e. The smallest absolute Gasteiger partial charge is 0.0366 e. The first-order chi connectivity index (χ1) is 5.34. The zero-order valence-corrected chi connectivity index (χ0v) is 6.75. The Morgan fingerprint density at radius 1 is 1.55 bits per heavy atom. The van der Waals surface area contributed by atoms with Crippen molar-refractivity contribution < 1.29 is 0 Å². The van der Waals surface area contributed by atoms with Crippen molar-refractivity contribution in [2.75, 3.05) is 18.5 Å². The summed E-state index contributed by atoms with van der Waals surface area (Å²) in [5, 5.41) is 0. The summed E-state index contributed by atoms with van der Waals surface area (Å²) in [5.41, 5.74) is 1.20. The average molecular weight is 146 g/mol. The van der Waals surface area contributed by atoms with Crippen molar-refractivity contribution in [1.82, 2.24) is 0 Å². The molecule has 0 aromatic heterocycles. The van der Waals surface area contributed by atoms with Gasteiger partial charge >= 0.3 is 0 Å². The lowest BCUT2D eigenvalue weighted by atomic mass is 10.3. The van der Waals surface area contributed by atoms with Crippen LogP contribution in [0, 0.1) is 6.07 Å². The van der Waals surface area contributed by atoms with Gasteiger partial charge in [-0.3, -0.25) is 0 Å². The van der Waals surface area contributed by atoms with E-state index >= 15 is 0 Å². The number of nitrogens with zero attached hydrogens (tertiary/aromatic N) is 1. The molecule has 11 heavy (non-hydrogen) atoms. The van der Waals surface area contributed by atoms with E-state index < -0.39 is 0 Å². The molecule has 0 N–H and O–H groups in total. The maximum absolute atomic E-state index is 3.68. The first-order valence-corrected chi connectivity index (χ1v) is 3.62. The monoisotopic (exact) mass is 146 g/mol. The molecule has 1 aromatic carbocycles. The molecule has 0 heterocycles. The third-order valence-electron chi connectivity index (χ3n) is 1.54. The van der Waals surface area contributed by atoms with Crippen LogP contribution >= 0.6 is 0 Å². The van der Waals surface area contributed by atoms with E-state index in [2.05, 4.69) is 17.5 Å². The Kier molecular flexibility index (Phi) is 2.73. The van der Waals surface area contributed by atoms with Gasteiger partial charge in [0, 0.05) is 19.3 Å². The van der Waals surface area contributed by atoms with Crippen LogP contribution in [-0.2, 0) is 0 Å². The van der Waals surface area contributed by atoms with E-state index in [-0.39, 0.29) is 0 Å². The highest BCUT2D eigenvalue weighted by Gasteiger charge is 1.94. The molecule has 0 spiro atoms. The number of likely N-dealkylation sites (N-methyl/N-ethyl adjacent to an activating group) is 1. The number of hydrogen-bond donors (Lipinski definition) is 0. The maximum Gasteiger partial charge on any atom is 0.0366 e. The van der Waals surface area contributed by atoms with Crippen LogP contribution in [0.2, 0.25) is 0 Å². The molecular weight excluding hydrogens is 134 g/mol. The van der Waals surface area contributed by atoms with Crippen LogP contribution in [0.4, 0.5) is 5.69 Å². The molecule has 1 rings (SSSR count). The van der Waals surface area contributed by atoms with Gasteiger partial charge in [0.25, 0.3) is 0 Å². The Labute approximate surface area is 68.0 Å². The molecule has 1 radical (unpaired) electrons. The number of hydrogen-bond acceptors (Lipinski definition) is 1. The summed E-state index contributed by atoms with van der Waals surface area (Å²) in [6, 6.07) is 10.9. The molecule has 1 nitrogen and oxygen atoms in total. The predicted octanol–water partition coefficient (Wildman–Crippen LogP) is 2.11. The lowest BCUT2D eigenvalue weighted by Gasteiger charge is -2.16. The molecule has 0 aliphatic carbocycles. The summed E-state index contributed by atoms with van der Waals surface area (Å²) in [7, 11) is 2.04. The van der Waals surface area contributed by atoms with Crippen molar-refractivity contribution in [3.63, 3.8) is 0 Å². The van der Waals surface area contributed by atoms with Crippen LogP contribution in [0.1, 0.15) is 0 Å². The molecule has 0 atom stereocenters. The molecule has 0 aliphatic heterocycles. The quantitative estimate of drug-likeness (QED) is 0.590. The van der Waals surface area contributed by atoms with Gasteiger partial charge in [0.1, 0.15) is 0 Å². The molecule has 0 saturated heterocycles. The Balaban J connectivity index is 2.68. The molecule has 1 heteroatoms. The van der Waals surface area contributed by atoms with Gasteiger partial charge in [0.2, 0.25) is 0 Å². The van der Waals surface area contributed by atoms with Crippen LogP contribution < -0.4 is 4.90 Å². The van der Waals surface area contributed by atoms with Gasteiger partial charge in [-0.25, -0.2) is 0 Å². The van der Waals surface area contributed by atoms with Crippen molar-refractivity contribution in [3.8, 4) is 0 Å². The molecule has 0 unspecified atom stereocenters. The fraction of sp³-hybridized carbons (Fsp3) is 0.200. The van der Waals surface area contributed by atoms with Gasteiger partial charge in [-0.15, -0.1) is 6.58 Å². The maximum atomic E-state index is 3.68. The standard InChI is InChI=1S/C10H12N/c1-3-9-11(2)10-7-5-4-6-8-10/h3,5-8H,1,9H2,2H3. The molecular formula is C10H12N. The van der Waals surface area contributed by atoms with Crippen molar-refractivity contribution in [1.29, 1.82) is 0 Å². The summed E-state index contributed by atoms with van der Waals surface area (Å²) < 4.78 is 0. The van der Waals surface area contributed by atoms with Crippen molar-refractivity contribution in [2.24, 2.45) is 0 Å². The topological polar surface area (TPSA) is 3.24 Å². The summed E-state index contributed by atoms with van der Waals surface area (Å²) in [6.45, 7) is 4.56. The van der Waals surface area contributed by atoms with E-state index in [0.717, 1.165) is 6.54 Å². The van der Waals surface area contributed by atoms with E-state index in [1.54, 1.807) is 0 Å². The average Bonchev–Trinajstić information content (AvgIpc) is 2.07. The molecule has 0 saturated carbocycles. The zero-order valence-electron chi connectivity index (χ0n) is 6.75. The summed E-state index contributed by atoms with van der Waals surface area (Å²) >= 11 is 0. The number of benzene rings is 1.